The third-order valence-corrected chi connectivity index (χ3v) is 5.10. The van der Waals surface area contributed by atoms with Crippen LogP contribution in [0.5, 0.6) is 0 Å². The second kappa shape index (κ2) is 11.1. The number of nitrogens with zero attached hydrogens (tertiary/aromatic N) is 2. The zero-order valence-corrected chi connectivity index (χ0v) is 21.2. The Bertz CT molecular complexity index is 923. The number of amides is 2. The highest BCUT2D eigenvalue weighted by atomic mass is 35.6. The molecule has 0 bridgehead atoms. The molecule has 1 heterocycles. The Morgan fingerprint density at radius 1 is 1.18 bits per heavy atom. The predicted molar refractivity (Wildman–Crippen MR) is 121 cm³/mol. The number of alkyl halides is 3. The van der Waals surface area contributed by atoms with E-state index in [4.69, 9.17) is 49.0 Å². The van der Waals surface area contributed by atoms with Crippen LogP contribution < -0.4 is 0 Å². The molecular formula is C21H25Cl3F2N2O6. The van der Waals surface area contributed by atoms with Crippen molar-refractivity contribution in [3.63, 3.8) is 0 Å². The minimum Gasteiger partial charge on any atom is -0.467 e. The van der Waals surface area contributed by atoms with E-state index in [1.54, 1.807) is 20.8 Å². The first-order chi connectivity index (χ1) is 15.6. The summed E-state index contributed by atoms with van der Waals surface area (Å²) in [6, 6.07) is 0.953. The van der Waals surface area contributed by atoms with E-state index in [2.05, 4.69) is 0 Å². The quantitative estimate of drug-likeness (QED) is 0.299. The van der Waals surface area contributed by atoms with Crippen molar-refractivity contribution in [3.05, 3.63) is 35.4 Å². The van der Waals surface area contributed by atoms with Crippen molar-refractivity contribution in [2.45, 2.75) is 55.2 Å². The average Bonchev–Trinajstić information content (AvgIpc) is 3.14. The molecule has 2 amide bonds. The van der Waals surface area contributed by atoms with Crippen LogP contribution in [0.2, 0.25) is 0 Å². The van der Waals surface area contributed by atoms with Crippen molar-refractivity contribution < 1.29 is 37.4 Å². The molecule has 0 radical (unpaired) electrons. The number of rotatable bonds is 5. The molecule has 1 aromatic rings. The van der Waals surface area contributed by atoms with Crippen molar-refractivity contribution >= 4 is 53.0 Å². The molecule has 2 atom stereocenters. The van der Waals surface area contributed by atoms with Gasteiger partial charge in [-0.15, -0.1) is 0 Å². The van der Waals surface area contributed by atoms with E-state index in [1.165, 1.54) is 0 Å². The molecule has 190 valence electrons. The van der Waals surface area contributed by atoms with Gasteiger partial charge < -0.3 is 14.2 Å². The van der Waals surface area contributed by atoms with Crippen molar-refractivity contribution in [1.29, 1.82) is 0 Å². The first kappa shape index (κ1) is 28.2. The van der Waals surface area contributed by atoms with Gasteiger partial charge >= 0.3 is 18.2 Å². The number of hydrogen-bond acceptors (Lipinski definition) is 6. The highest BCUT2D eigenvalue weighted by molar-refractivity contribution is 6.67. The van der Waals surface area contributed by atoms with Crippen LogP contribution in [0.3, 0.4) is 0 Å². The molecule has 1 saturated heterocycles. The Kier molecular flexibility index (Phi) is 9.23. The van der Waals surface area contributed by atoms with Crippen LogP contribution in [0, 0.1) is 11.6 Å². The summed E-state index contributed by atoms with van der Waals surface area (Å²) in [4.78, 5) is 40.2. The Morgan fingerprint density at radius 2 is 1.82 bits per heavy atom. The fraction of sp³-hybridized carbons (Fsp3) is 0.571. The molecule has 1 aliphatic rings. The van der Waals surface area contributed by atoms with E-state index < -0.39 is 57.9 Å². The lowest BCUT2D eigenvalue weighted by Crippen LogP contribution is -2.45. The number of esters is 1. The second-order valence-electron chi connectivity index (χ2n) is 8.59. The molecule has 13 heteroatoms. The Hall–Kier alpha value is -2.04. The number of carbonyl (C=O) groups is 3. The molecule has 0 aliphatic carbocycles. The molecule has 0 saturated carbocycles. The molecule has 8 nitrogen and oxygen atoms in total. The first-order valence-electron chi connectivity index (χ1n) is 10.1. The second-order valence-corrected chi connectivity index (χ2v) is 11.1. The molecule has 0 aromatic heterocycles. The van der Waals surface area contributed by atoms with Crippen molar-refractivity contribution in [3.8, 4) is 0 Å². The smallest absolute Gasteiger partial charge is 0.411 e. The van der Waals surface area contributed by atoms with Crippen LogP contribution in [-0.2, 0) is 25.5 Å². The number of benzene rings is 1. The summed E-state index contributed by atoms with van der Waals surface area (Å²) in [5.41, 5.74) is -0.881. The van der Waals surface area contributed by atoms with Gasteiger partial charge in [-0.25, -0.2) is 23.2 Å². The first-order valence-corrected chi connectivity index (χ1v) is 11.3. The monoisotopic (exact) mass is 544 g/mol. The summed E-state index contributed by atoms with van der Waals surface area (Å²) < 4.78 is 41.0. The predicted octanol–water partition coefficient (Wildman–Crippen LogP) is 4.82. The molecule has 1 fully saturated rings. The standard InChI is InChI=1S/C21H25Cl3F2N2O6/c1-20(2,3)34-19(31)28-10-14(8-16(28)17(29)32-4)27(18(30)33-11-21(22,23)24)9-12-5-6-13(25)7-15(12)26/h5-7,14,16H,8-11H2,1-4H3. The fourth-order valence-electron chi connectivity index (χ4n) is 3.32. The molecule has 34 heavy (non-hydrogen) atoms. The summed E-state index contributed by atoms with van der Waals surface area (Å²) in [5, 5.41) is 0. The SMILES string of the molecule is COC(=O)C1CC(N(Cc2ccc(F)cc2F)C(=O)OCC(Cl)(Cl)Cl)CN1C(=O)OC(C)(C)C. The van der Waals surface area contributed by atoms with Gasteiger partial charge in [-0.2, -0.15) is 0 Å². The molecule has 1 aromatic carbocycles. The third kappa shape index (κ3) is 8.02. The Balaban J connectivity index is 2.36. The van der Waals surface area contributed by atoms with E-state index in [1.807, 2.05) is 0 Å². The average molecular weight is 546 g/mol. The number of methoxy groups -OCH3 is 1. The molecular weight excluding hydrogens is 521 g/mol. The Morgan fingerprint density at radius 3 is 2.35 bits per heavy atom. The summed E-state index contributed by atoms with van der Waals surface area (Å²) in [7, 11) is 1.16. The third-order valence-electron chi connectivity index (χ3n) is 4.77. The summed E-state index contributed by atoms with van der Waals surface area (Å²) in [5.74, 6) is -2.42. The van der Waals surface area contributed by atoms with Gasteiger partial charge in [0, 0.05) is 24.6 Å². The molecule has 0 spiro atoms. The maximum atomic E-state index is 14.3. The molecule has 1 aliphatic heterocycles. The summed E-state index contributed by atoms with van der Waals surface area (Å²) in [6.07, 6.45) is -1.85. The number of likely N-dealkylation sites (tertiary alicyclic amines) is 1. The van der Waals surface area contributed by atoms with E-state index in [-0.39, 0.29) is 25.1 Å². The van der Waals surface area contributed by atoms with Gasteiger partial charge in [0.05, 0.1) is 19.7 Å². The fourth-order valence-corrected chi connectivity index (χ4v) is 3.49. The van der Waals surface area contributed by atoms with Gasteiger partial charge in [0.25, 0.3) is 0 Å². The lowest BCUT2D eigenvalue weighted by atomic mass is 10.1. The minimum absolute atomic E-state index is 0.0300. The number of ether oxygens (including phenoxy) is 3. The van der Waals surface area contributed by atoms with Crippen molar-refractivity contribution in [1.82, 2.24) is 9.80 Å². The van der Waals surface area contributed by atoms with Crippen LogP contribution in [0.25, 0.3) is 0 Å². The largest absolute Gasteiger partial charge is 0.467 e. The Labute approximate surface area is 210 Å². The summed E-state index contributed by atoms with van der Waals surface area (Å²) in [6.45, 7) is 3.84. The van der Waals surface area contributed by atoms with Gasteiger partial charge in [-0.3, -0.25) is 9.80 Å². The van der Waals surface area contributed by atoms with Gasteiger partial charge in [-0.1, -0.05) is 40.9 Å². The van der Waals surface area contributed by atoms with E-state index in [9.17, 15) is 23.2 Å². The van der Waals surface area contributed by atoms with Crippen molar-refractivity contribution in [2.75, 3.05) is 20.3 Å². The van der Waals surface area contributed by atoms with Crippen LogP contribution in [-0.4, -0.2) is 69.7 Å². The van der Waals surface area contributed by atoms with Crippen LogP contribution >= 0.6 is 34.8 Å². The summed E-state index contributed by atoms with van der Waals surface area (Å²) >= 11 is 17.0. The lowest BCUT2D eigenvalue weighted by molar-refractivity contribution is -0.145. The maximum Gasteiger partial charge on any atom is 0.411 e. The normalized spacial score (nSPS) is 18.4. The highest BCUT2D eigenvalue weighted by Gasteiger charge is 2.46. The number of hydrogen-bond donors (Lipinski definition) is 0. The van der Waals surface area contributed by atoms with Crippen LogP contribution in [0.1, 0.15) is 32.8 Å². The number of halogens is 5. The zero-order valence-electron chi connectivity index (χ0n) is 18.9. The van der Waals surface area contributed by atoms with Crippen LogP contribution in [0.4, 0.5) is 18.4 Å². The minimum atomic E-state index is -1.91. The number of carbonyl (C=O) groups excluding carboxylic acids is 3. The molecule has 2 rings (SSSR count). The maximum absolute atomic E-state index is 14.3. The van der Waals surface area contributed by atoms with Crippen molar-refractivity contribution in [2.24, 2.45) is 0 Å². The van der Waals surface area contributed by atoms with E-state index >= 15 is 0 Å². The van der Waals surface area contributed by atoms with E-state index in [0.717, 1.165) is 29.0 Å². The lowest BCUT2D eigenvalue weighted by Gasteiger charge is -2.29. The topological polar surface area (TPSA) is 85.4 Å². The van der Waals surface area contributed by atoms with Gasteiger partial charge in [-0.05, 0) is 26.8 Å². The van der Waals surface area contributed by atoms with Gasteiger partial charge in [0.15, 0.2) is 0 Å². The van der Waals surface area contributed by atoms with E-state index in [0.29, 0.717) is 6.07 Å². The zero-order chi connectivity index (χ0) is 25.8. The van der Waals surface area contributed by atoms with Gasteiger partial charge in [0.2, 0.25) is 3.79 Å². The van der Waals surface area contributed by atoms with Crippen LogP contribution in [0.15, 0.2) is 18.2 Å². The highest BCUT2D eigenvalue weighted by Crippen LogP contribution is 2.30. The molecule has 0 N–H and O–H groups in total. The molecule has 2 unspecified atom stereocenters. The van der Waals surface area contributed by atoms with Gasteiger partial charge in [0.1, 0.15) is 29.9 Å².